The van der Waals surface area contributed by atoms with Gasteiger partial charge in [0.15, 0.2) is 11.5 Å². The maximum atomic E-state index is 12.1. The highest BCUT2D eigenvalue weighted by atomic mass is 32.1. The summed E-state index contributed by atoms with van der Waals surface area (Å²) < 4.78 is 1.27. The highest BCUT2D eigenvalue weighted by Gasteiger charge is 2.24. The fourth-order valence-electron chi connectivity index (χ4n) is 3.11. The first kappa shape index (κ1) is 17.2. The van der Waals surface area contributed by atoms with Crippen LogP contribution in [0.2, 0.25) is 0 Å². The fourth-order valence-corrected chi connectivity index (χ4v) is 4.13. The first-order chi connectivity index (χ1) is 12.9. The topological polar surface area (TPSA) is 109 Å². The summed E-state index contributed by atoms with van der Waals surface area (Å²) in [6.07, 6.45) is 0.239. The van der Waals surface area contributed by atoms with E-state index in [1.165, 1.54) is 16.0 Å². The average molecular weight is 377 g/mol. The molecule has 0 atom stereocenters. The van der Waals surface area contributed by atoms with Crippen LogP contribution in [-0.4, -0.2) is 26.4 Å². The molecule has 4 rings (SSSR count). The minimum Gasteiger partial charge on any atom is -0.272 e. The molecule has 0 aromatic carbocycles. The van der Waals surface area contributed by atoms with Crippen LogP contribution in [0, 0.1) is 32.1 Å². The first-order valence-electron chi connectivity index (χ1n) is 8.28. The number of nitriles is 1. The Morgan fingerprint density at radius 2 is 1.96 bits per heavy atom. The highest BCUT2D eigenvalue weighted by molar-refractivity contribution is 7.19. The van der Waals surface area contributed by atoms with Gasteiger partial charge in [0, 0.05) is 16.8 Å². The summed E-state index contributed by atoms with van der Waals surface area (Å²) in [5.74, 6) is 0.241. The van der Waals surface area contributed by atoms with E-state index < -0.39 is 0 Å². The van der Waals surface area contributed by atoms with Gasteiger partial charge in [0.05, 0.1) is 12.1 Å². The van der Waals surface area contributed by atoms with Crippen molar-refractivity contribution in [3.05, 3.63) is 27.9 Å². The Labute approximate surface area is 158 Å². The summed E-state index contributed by atoms with van der Waals surface area (Å²) in [4.78, 5) is 22.3. The molecule has 3 aromatic rings. The second-order valence-electron chi connectivity index (χ2n) is 6.44. The van der Waals surface area contributed by atoms with Crippen molar-refractivity contribution in [2.75, 3.05) is 0 Å². The van der Waals surface area contributed by atoms with Crippen LogP contribution in [0.5, 0.6) is 0 Å². The molecule has 4 heterocycles. The lowest BCUT2D eigenvalue weighted by Gasteiger charge is -2.09. The van der Waals surface area contributed by atoms with E-state index in [9.17, 15) is 10.1 Å². The van der Waals surface area contributed by atoms with Gasteiger partial charge in [-0.1, -0.05) is 0 Å². The highest BCUT2D eigenvalue weighted by Crippen LogP contribution is 2.41. The number of hydrogen-bond acceptors (Lipinski definition) is 8. The summed E-state index contributed by atoms with van der Waals surface area (Å²) in [5, 5.41) is 23.2. The van der Waals surface area contributed by atoms with E-state index in [0.717, 1.165) is 21.5 Å². The van der Waals surface area contributed by atoms with Crippen molar-refractivity contribution in [3.63, 3.8) is 0 Å². The van der Waals surface area contributed by atoms with Crippen LogP contribution in [0.3, 0.4) is 0 Å². The minimum absolute atomic E-state index is 0.142. The molecule has 0 radical (unpaired) electrons. The number of carbonyl (C=O) groups excluding carboxylic acids is 1. The summed E-state index contributed by atoms with van der Waals surface area (Å²) in [6.45, 7) is 7.43. The number of fused-ring (bicyclic) bond motifs is 2. The van der Waals surface area contributed by atoms with Crippen molar-refractivity contribution >= 4 is 50.4 Å². The van der Waals surface area contributed by atoms with E-state index in [1.807, 2.05) is 19.9 Å². The van der Waals surface area contributed by atoms with Crippen LogP contribution in [-0.2, 0) is 0 Å². The van der Waals surface area contributed by atoms with E-state index in [2.05, 4.69) is 31.4 Å². The number of aryl methyl sites for hydroxylation is 3. The quantitative estimate of drug-likeness (QED) is 0.595. The molecule has 0 amide bonds. The minimum atomic E-state index is -0.142. The Balaban J connectivity index is 1.89. The van der Waals surface area contributed by atoms with Crippen molar-refractivity contribution < 1.29 is 4.79 Å². The Hall–Kier alpha value is -3.25. The molecule has 0 saturated carbocycles. The van der Waals surface area contributed by atoms with Gasteiger partial charge < -0.3 is 0 Å². The molecule has 9 heteroatoms. The van der Waals surface area contributed by atoms with Gasteiger partial charge >= 0.3 is 0 Å². The van der Waals surface area contributed by atoms with Crippen LogP contribution in [0.1, 0.15) is 40.0 Å². The van der Waals surface area contributed by atoms with Gasteiger partial charge in [-0.05, 0) is 39.3 Å². The summed E-state index contributed by atoms with van der Waals surface area (Å²) >= 11 is 1.29. The lowest BCUT2D eigenvalue weighted by Crippen LogP contribution is -2.19. The average Bonchev–Trinajstić information content (AvgIpc) is 3.10. The number of aliphatic imine (C=N–C) groups is 1. The number of nitrogens with zero attached hydrogens (tertiary/aromatic N) is 7. The predicted octanol–water partition coefficient (Wildman–Crippen LogP) is 4.84. The monoisotopic (exact) mass is 377 g/mol. The Kier molecular flexibility index (Phi) is 3.93. The predicted molar refractivity (Wildman–Crippen MR) is 103 cm³/mol. The second-order valence-corrected chi connectivity index (χ2v) is 7.44. The van der Waals surface area contributed by atoms with Crippen molar-refractivity contribution in [1.82, 2.24) is 14.8 Å². The molecule has 0 saturated heterocycles. The second kappa shape index (κ2) is 6.17. The molecule has 0 unspecified atom stereocenters. The number of thiophene rings is 1. The lowest BCUT2D eigenvalue weighted by atomic mass is 10.1. The van der Waals surface area contributed by atoms with Crippen LogP contribution in [0.15, 0.2) is 21.3 Å². The molecule has 0 spiro atoms. The molecule has 3 aromatic heterocycles. The van der Waals surface area contributed by atoms with Crippen molar-refractivity contribution in [1.29, 1.82) is 5.26 Å². The molecule has 8 nitrogen and oxygen atoms in total. The van der Waals surface area contributed by atoms with E-state index in [0.29, 0.717) is 33.5 Å². The van der Waals surface area contributed by atoms with Crippen molar-refractivity contribution in [2.24, 2.45) is 15.2 Å². The van der Waals surface area contributed by atoms with E-state index in [-0.39, 0.29) is 12.3 Å². The van der Waals surface area contributed by atoms with Gasteiger partial charge in [0.1, 0.15) is 21.5 Å². The number of aromatic nitrogens is 3. The zero-order valence-corrected chi connectivity index (χ0v) is 16.0. The van der Waals surface area contributed by atoms with Crippen LogP contribution in [0.4, 0.5) is 17.2 Å². The third-order valence-electron chi connectivity index (χ3n) is 4.26. The zero-order chi connectivity index (χ0) is 19.3. The third kappa shape index (κ3) is 2.74. The number of hydrogen-bond donors (Lipinski definition) is 0. The third-order valence-corrected chi connectivity index (χ3v) is 5.24. The zero-order valence-electron chi connectivity index (χ0n) is 15.2. The molecular formula is C18H15N7OS. The first-order valence-corrected chi connectivity index (χ1v) is 9.10. The van der Waals surface area contributed by atoms with Gasteiger partial charge in [-0.3, -0.25) is 4.79 Å². The molecule has 27 heavy (non-hydrogen) atoms. The van der Waals surface area contributed by atoms with Crippen molar-refractivity contribution in [3.8, 4) is 6.07 Å². The maximum absolute atomic E-state index is 12.1. The molecule has 0 bridgehead atoms. The largest absolute Gasteiger partial charge is 0.272 e. The Morgan fingerprint density at radius 1 is 1.22 bits per heavy atom. The van der Waals surface area contributed by atoms with E-state index >= 15 is 0 Å². The molecule has 134 valence electrons. The summed E-state index contributed by atoms with van der Waals surface area (Å²) in [6, 6.07) is 4.13. The van der Waals surface area contributed by atoms with Crippen molar-refractivity contribution in [2.45, 2.75) is 34.1 Å². The molecule has 0 aliphatic carbocycles. The van der Waals surface area contributed by atoms with Gasteiger partial charge in [-0.2, -0.15) is 15.0 Å². The Morgan fingerprint density at radius 3 is 2.70 bits per heavy atom. The molecular weight excluding hydrogens is 362 g/mol. The fraction of sp³-hybridized carbons (Fsp3) is 0.278. The number of carbonyl (C=O) groups is 1. The van der Waals surface area contributed by atoms with E-state index in [4.69, 9.17) is 0 Å². The standard InChI is InChI=1S/C18H15N7OS/c1-8-5-9(2)21-18-14(8)16(12(7-19)27-18)23-22-15-11(4)24-25-13(26)6-10(3)20-17(15)25/h5H,6H2,1-4H3. The lowest BCUT2D eigenvalue weighted by molar-refractivity contribution is 0.0906. The van der Waals surface area contributed by atoms with Gasteiger partial charge in [0.25, 0.3) is 5.91 Å². The van der Waals surface area contributed by atoms with Crippen LogP contribution >= 0.6 is 11.3 Å². The summed E-state index contributed by atoms with van der Waals surface area (Å²) in [5.41, 5.74) is 4.07. The van der Waals surface area contributed by atoms with Gasteiger partial charge in [-0.25, -0.2) is 9.98 Å². The normalized spacial score (nSPS) is 13.9. The SMILES string of the molecule is CC1=Nc2c(N=Nc3c(C#N)sc4nc(C)cc(C)c34)c(C)nn2C(=O)C1. The summed E-state index contributed by atoms with van der Waals surface area (Å²) in [7, 11) is 0. The van der Waals surface area contributed by atoms with E-state index in [1.54, 1.807) is 13.8 Å². The Bertz CT molecular complexity index is 1220. The smallest absolute Gasteiger partial charge is 0.254 e. The van der Waals surface area contributed by atoms with Gasteiger partial charge in [-0.15, -0.1) is 21.6 Å². The number of azo groups is 1. The molecule has 0 N–H and O–H groups in total. The van der Waals surface area contributed by atoms with Gasteiger partial charge in [0.2, 0.25) is 0 Å². The number of pyridine rings is 1. The van der Waals surface area contributed by atoms with Crippen LogP contribution in [0.25, 0.3) is 10.2 Å². The van der Waals surface area contributed by atoms with Crippen LogP contribution < -0.4 is 0 Å². The molecule has 0 fully saturated rings. The number of rotatable bonds is 2. The molecule has 1 aliphatic heterocycles. The maximum Gasteiger partial charge on any atom is 0.254 e. The molecule has 1 aliphatic rings.